The SMILES string of the molecule is CC1(C(=O)NCc2ccc(C#CCO)cc2)CCCC1. The number of hydrogen-bond acceptors (Lipinski definition) is 2. The summed E-state index contributed by atoms with van der Waals surface area (Å²) in [6.45, 7) is 2.49. The first-order valence-electron chi connectivity index (χ1n) is 7.11. The Bertz CT molecular complexity index is 516. The van der Waals surface area contributed by atoms with Crippen molar-refractivity contribution in [1.29, 1.82) is 0 Å². The number of aliphatic hydroxyl groups excluding tert-OH is 1. The predicted molar refractivity (Wildman–Crippen MR) is 78.8 cm³/mol. The first kappa shape index (κ1) is 14.6. The lowest BCUT2D eigenvalue weighted by Crippen LogP contribution is -2.36. The highest BCUT2D eigenvalue weighted by Crippen LogP contribution is 2.37. The van der Waals surface area contributed by atoms with Gasteiger partial charge in [0.15, 0.2) is 0 Å². The second kappa shape index (κ2) is 6.58. The fourth-order valence-electron chi connectivity index (χ4n) is 2.63. The molecule has 2 N–H and O–H groups in total. The summed E-state index contributed by atoms with van der Waals surface area (Å²) in [7, 11) is 0. The Morgan fingerprint density at radius 3 is 2.55 bits per heavy atom. The molecule has 1 fully saturated rings. The van der Waals surface area contributed by atoms with E-state index in [1.165, 1.54) is 0 Å². The van der Waals surface area contributed by atoms with Crippen LogP contribution in [0.2, 0.25) is 0 Å². The zero-order chi connectivity index (χ0) is 14.4. The molecule has 3 nitrogen and oxygen atoms in total. The van der Waals surface area contributed by atoms with Crippen molar-refractivity contribution in [3.63, 3.8) is 0 Å². The third kappa shape index (κ3) is 3.61. The zero-order valence-corrected chi connectivity index (χ0v) is 11.9. The van der Waals surface area contributed by atoms with Crippen molar-refractivity contribution in [2.45, 2.75) is 39.2 Å². The topological polar surface area (TPSA) is 49.3 Å². The van der Waals surface area contributed by atoms with Gasteiger partial charge < -0.3 is 10.4 Å². The van der Waals surface area contributed by atoms with Gasteiger partial charge in [0.25, 0.3) is 0 Å². The molecule has 0 aromatic heterocycles. The normalized spacial score (nSPS) is 16.3. The lowest BCUT2D eigenvalue weighted by molar-refractivity contribution is -0.130. The van der Waals surface area contributed by atoms with Crippen LogP contribution in [0.1, 0.15) is 43.7 Å². The number of hydrogen-bond donors (Lipinski definition) is 2. The molecule has 20 heavy (non-hydrogen) atoms. The molecule has 0 atom stereocenters. The Hall–Kier alpha value is -1.79. The standard InChI is InChI=1S/C17H21NO2/c1-17(10-2-3-11-17)16(20)18-13-15-8-6-14(7-9-15)5-4-12-19/h6-9,19H,2-3,10-13H2,1H3,(H,18,20). The van der Waals surface area contributed by atoms with Crippen LogP contribution in [0.4, 0.5) is 0 Å². The molecule has 1 amide bonds. The Kier molecular flexibility index (Phi) is 4.81. The molecule has 1 aromatic carbocycles. The van der Waals surface area contributed by atoms with Crippen LogP contribution in [0.5, 0.6) is 0 Å². The molecule has 1 aliphatic rings. The molecule has 0 spiro atoms. The number of benzene rings is 1. The van der Waals surface area contributed by atoms with E-state index in [2.05, 4.69) is 24.1 Å². The van der Waals surface area contributed by atoms with Crippen LogP contribution in [0.3, 0.4) is 0 Å². The van der Waals surface area contributed by atoms with Crippen LogP contribution < -0.4 is 5.32 Å². The molecule has 0 unspecified atom stereocenters. The highest BCUT2D eigenvalue weighted by molar-refractivity contribution is 5.82. The largest absolute Gasteiger partial charge is 0.384 e. The fraction of sp³-hybridized carbons (Fsp3) is 0.471. The summed E-state index contributed by atoms with van der Waals surface area (Å²) in [6, 6.07) is 7.72. The van der Waals surface area contributed by atoms with Gasteiger partial charge in [0.05, 0.1) is 0 Å². The molecule has 0 radical (unpaired) electrons. The van der Waals surface area contributed by atoms with Crippen molar-refractivity contribution >= 4 is 5.91 Å². The van der Waals surface area contributed by atoms with E-state index >= 15 is 0 Å². The van der Waals surface area contributed by atoms with Crippen molar-refractivity contribution in [2.24, 2.45) is 5.41 Å². The maximum Gasteiger partial charge on any atom is 0.226 e. The van der Waals surface area contributed by atoms with E-state index < -0.39 is 0 Å². The third-order valence-electron chi connectivity index (χ3n) is 3.97. The van der Waals surface area contributed by atoms with Gasteiger partial charge in [-0.3, -0.25) is 4.79 Å². The van der Waals surface area contributed by atoms with Gasteiger partial charge in [0, 0.05) is 17.5 Å². The van der Waals surface area contributed by atoms with Gasteiger partial charge in [-0.05, 0) is 30.5 Å². The van der Waals surface area contributed by atoms with Crippen LogP contribution in [0.15, 0.2) is 24.3 Å². The van der Waals surface area contributed by atoms with E-state index in [1.54, 1.807) is 0 Å². The molecule has 0 bridgehead atoms. The minimum Gasteiger partial charge on any atom is -0.384 e. The van der Waals surface area contributed by atoms with E-state index in [0.717, 1.165) is 36.8 Å². The van der Waals surface area contributed by atoms with Crippen LogP contribution >= 0.6 is 0 Å². The summed E-state index contributed by atoms with van der Waals surface area (Å²) >= 11 is 0. The molecule has 0 aliphatic heterocycles. The molecule has 2 rings (SSSR count). The van der Waals surface area contributed by atoms with Crippen LogP contribution in [0.25, 0.3) is 0 Å². The number of amides is 1. The average Bonchev–Trinajstić information content (AvgIpc) is 2.92. The quantitative estimate of drug-likeness (QED) is 0.828. The number of rotatable bonds is 3. The smallest absolute Gasteiger partial charge is 0.226 e. The van der Waals surface area contributed by atoms with Gasteiger partial charge in [0.2, 0.25) is 5.91 Å². The fourth-order valence-corrected chi connectivity index (χ4v) is 2.63. The van der Waals surface area contributed by atoms with Gasteiger partial charge in [-0.25, -0.2) is 0 Å². The van der Waals surface area contributed by atoms with Crippen molar-refractivity contribution in [1.82, 2.24) is 5.32 Å². The molecule has 1 saturated carbocycles. The summed E-state index contributed by atoms with van der Waals surface area (Å²) in [6.07, 6.45) is 4.30. The minimum atomic E-state index is -0.174. The summed E-state index contributed by atoms with van der Waals surface area (Å²) < 4.78 is 0. The first-order chi connectivity index (χ1) is 9.64. The molecule has 3 heteroatoms. The monoisotopic (exact) mass is 271 g/mol. The first-order valence-corrected chi connectivity index (χ1v) is 7.11. The summed E-state index contributed by atoms with van der Waals surface area (Å²) in [5.41, 5.74) is 1.76. The summed E-state index contributed by atoms with van der Waals surface area (Å²) in [5.74, 6) is 5.63. The second-order valence-electron chi connectivity index (χ2n) is 5.61. The van der Waals surface area contributed by atoms with Crippen molar-refractivity contribution in [2.75, 3.05) is 6.61 Å². The summed E-state index contributed by atoms with van der Waals surface area (Å²) in [5, 5.41) is 11.7. The molecule has 1 aliphatic carbocycles. The highest BCUT2D eigenvalue weighted by Gasteiger charge is 2.35. The zero-order valence-electron chi connectivity index (χ0n) is 11.9. The summed E-state index contributed by atoms with van der Waals surface area (Å²) in [4.78, 5) is 12.2. The van der Waals surface area contributed by atoms with Gasteiger partial charge in [-0.1, -0.05) is 43.7 Å². The van der Waals surface area contributed by atoms with E-state index in [1.807, 2.05) is 24.3 Å². The predicted octanol–water partition coefficient (Wildman–Crippen LogP) is 2.23. The Morgan fingerprint density at radius 2 is 1.95 bits per heavy atom. The van der Waals surface area contributed by atoms with Gasteiger partial charge in [0.1, 0.15) is 6.61 Å². The highest BCUT2D eigenvalue weighted by atomic mass is 16.2. The van der Waals surface area contributed by atoms with Crippen LogP contribution in [-0.2, 0) is 11.3 Å². The second-order valence-corrected chi connectivity index (χ2v) is 5.61. The van der Waals surface area contributed by atoms with E-state index in [4.69, 9.17) is 5.11 Å². The van der Waals surface area contributed by atoms with Gasteiger partial charge in [-0.2, -0.15) is 0 Å². The van der Waals surface area contributed by atoms with Crippen molar-refractivity contribution in [3.05, 3.63) is 35.4 Å². The minimum absolute atomic E-state index is 0.129. The van der Waals surface area contributed by atoms with Crippen molar-refractivity contribution < 1.29 is 9.90 Å². The maximum atomic E-state index is 12.2. The van der Waals surface area contributed by atoms with Crippen LogP contribution in [-0.4, -0.2) is 17.6 Å². The molecule has 106 valence electrons. The molecule has 0 heterocycles. The van der Waals surface area contributed by atoms with E-state index in [0.29, 0.717) is 6.54 Å². The molecule has 0 saturated heterocycles. The number of carbonyl (C=O) groups excluding carboxylic acids is 1. The van der Waals surface area contributed by atoms with Crippen LogP contribution in [0, 0.1) is 17.3 Å². The van der Waals surface area contributed by atoms with E-state index in [-0.39, 0.29) is 17.9 Å². The number of carbonyl (C=O) groups is 1. The van der Waals surface area contributed by atoms with Gasteiger partial charge in [-0.15, -0.1) is 0 Å². The van der Waals surface area contributed by atoms with Gasteiger partial charge >= 0.3 is 0 Å². The van der Waals surface area contributed by atoms with Crippen molar-refractivity contribution in [3.8, 4) is 11.8 Å². The molecular weight excluding hydrogens is 250 g/mol. The lowest BCUT2D eigenvalue weighted by atomic mass is 9.88. The van der Waals surface area contributed by atoms with E-state index in [9.17, 15) is 4.79 Å². The number of aliphatic hydroxyl groups is 1. The Balaban J connectivity index is 1.89. The average molecular weight is 271 g/mol. The Labute approximate surface area is 120 Å². The third-order valence-corrected chi connectivity index (χ3v) is 3.97. The lowest BCUT2D eigenvalue weighted by Gasteiger charge is -2.22. The Morgan fingerprint density at radius 1 is 1.30 bits per heavy atom. The maximum absolute atomic E-state index is 12.2. The molecule has 1 aromatic rings. The number of nitrogens with one attached hydrogen (secondary N) is 1. The molecular formula is C17H21NO2.